The van der Waals surface area contributed by atoms with Gasteiger partial charge >= 0.3 is 5.97 Å². The smallest absolute Gasteiger partial charge is 0.337 e. The molecular weight excluding hydrogens is 390 g/mol. The lowest BCUT2D eigenvalue weighted by atomic mass is 10.2. The number of nitrogens with zero attached hydrogens (tertiary/aromatic N) is 1. The van der Waals surface area contributed by atoms with Crippen LogP contribution in [0.2, 0.25) is 0 Å². The summed E-state index contributed by atoms with van der Waals surface area (Å²) in [5.74, 6) is -0.934. The molecule has 0 atom stereocenters. The van der Waals surface area contributed by atoms with Crippen LogP contribution in [0.5, 0.6) is 0 Å². The van der Waals surface area contributed by atoms with Crippen molar-refractivity contribution in [2.45, 2.75) is 11.3 Å². The SMILES string of the molecule is COC(=O)c1ccc(NC(=O)CCNS(=O)(=O)c2ccc([N+](=O)[O-])cc2)cc1. The number of nitro benzene ring substituents is 1. The summed E-state index contributed by atoms with van der Waals surface area (Å²) in [6.45, 7) is -0.161. The summed E-state index contributed by atoms with van der Waals surface area (Å²) < 4.78 is 31.1. The molecule has 1 amide bonds. The number of amides is 1. The van der Waals surface area contributed by atoms with Crippen molar-refractivity contribution in [2.24, 2.45) is 0 Å². The first-order valence-corrected chi connectivity index (χ1v) is 9.43. The Bertz CT molecular complexity index is 971. The zero-order valence-electron chi connectivity index (χ0n) is 14.7. The van der Waals surface area contributed by atoms with Crippen molar-refractivity contribution >= 4 is 33.3 Å². The molecule has 0 fully saturated rings. The lowest BCUT2D eigenvalue weighted by molar-refractivity contribution is -0.384. The molecule has 0 saturated heterocycles. The van der Waals surface area contributed by atoms with Gasteiger partial charge in [0.05, 0.1) is 22.5 Å². The average molecular weight is 407 g/mol. The van der Waals surface area contributed by atoms with Crippen LogP contribution < -0.4 is 10.0 Å². The van der Waals surface area contributed by atoms with E-state index in [4.69, 9.17) is 0 Å². The predicted molar refractivity (Wildman–Crippen MR) is 99.3 cm³/mol. The van der Waals surface area contributed by atoms with Crippen molar-refractivity contribution in [2.75, 3.05) is 19.0 Å². The molecule has 2 rings (SSSR count). The number of anilines is 1. The molecule has 0 aliphatic rings. The maximum absolute atomic E-state index is 12.1. The third-order valence-corrected chi connectivity index (χ3v) is 5.07. The molecule has 0 radical (unpaired) electrons. The molecule has 11 heteroatoms. The summed E-state index contributed by atoms with van der Waals surface area (Å²) in [6.07, 6.45) is -0.134. The van der Waals surface area contributed by atoms with Gasteiger partial charge in [-0.1, -0.05) is 0 Å². The molecule has 0 saturated carbocycles. The van der Waals surface area contributed by atoms with Gasteiger partial charge in [0.2, 0.25) is 15.9 Å². The molecule has 0 bridgehead atoms. The molecule has 0 heterocycles. The van der Waals surface area contributed by atoms with Gasteiger partial charge in [-0.05, 0) is 36.4 Å². The van der Waals surface area contributed by atoms with Crippen LogP contribution in [0.1, 0.15) is 16.8 Å². The number of nitro groups is 1. The van der Waals surface area contributed by atoms with E-state index in [1.807, 2.05) is 0 Å². The second-order valence-electron chi connectivity index (χ2n) is 5.52. The first-order valence-electron chi connectivity index (χ1n) is 7.95. The highest BCUT2D eigenvalue weighted by Crippen LogP contribution is 2.15. The van der Waals surface area contributed by atoms with Crippen LogP contribution in [0.3, 0.4) is 0 Å². The quantitative estimate of drug-likeness (QED) is 0.385. The highest BCUT2D eigenvalue weighted by Gasteiger charge is 2.16. The Hall–Kier alpha value is -3.31. The van der Waals surface area contributed by atoms with Crippen LogP contribution in [0.4, 0.5) is 11.4 Å². The maximum atomic E-state index is 12.1. The monoisotopic (exact) mass is 407 g/mol. The van der Waals surface area contributed by atoms with E-state index in [-0.39, 0.29) is 23.5 Å². The Morgan fingerprint density at radius 1 is 1.07 bits per heavy atom. The van der Waals surface area contributed by atoms with Crippen molar-refractivity contribution in [3.63, 3.8) is 0 Å². The van der Waals surface area contributed by atoms with E-state index < -0.39 is 26.8 Å². The minimum absolute atomic E-state index is 0.134. The molecule has 0 unspecified atom stereocenters. The van der Waals surface area contributed by atoms with Gasteiger partial charge in [-0.25, -0.2) is 17.9 Å². The number of sulfonamides is 1. The second-order valence-corrected chi connectivity index (χ2v) is 7.28. The molecule has 2 N–H and O–H groups in total. The maximum Gasteiger partial charge on any atom is 0.337 e. The number of esters is 1. The van der Waals surface area contributed by atoms with Gasteiger partial charge in [0.15, 0.2) is 0 Å². The Labute approximate surface area is 160 Å². The van der Waals surface area contributed by atoms with Gasteiger partial charge in [0.1, 0.15) is 0 Å². The largest absolute Gasteiger partial charge is 0.465 e. The number of methoxy groups -OCH3 is 1. The van der Waals surface area contributed by atoms with E-state index in [2.05, 4.69) is 14.8 Å². The number of hydrogen-bond donors (Lipinski definition) is 2. The zero-order chi connectivity index (χ0) is 20.7. The van der Waals surface area contributed by atoms with E-state index in [1.54, 1.807) is 0 Å². The molecule has 2 aromatic carbocycles. The van der Waals surface area contributed by atoms with Gasteiger partial charge in [0, 0.05) is 30.8 Å². The molecule has 0 aliphatic carbocycles. The number of benzene rings is 2. The van der Waals surface area contributed by atoms with E-state index in [1.165, 1.54) is 31.4 Å². The number of carbonyl (C=O) groups excluding carboxylic acids is 2. The van der Waals surface area contributed by atoms with Crippen molar-refractivity contribution in [1.29, 1.82) is 0 Å². The third-order valence-electron chi connectivity index (χ3n) is 3.59. The van der Waals surface area contributed by atoms with Gasteiger partial charge in [-0.2, -0.15) is 0 Å². The average Bonchev–Trinajstić information content (AvgIpc) is 2.67. The first-order chi connectivity index (χ1) is 13.2. The van der Waals surface area contributed by atoms with Crippen LogP contribution in [-0.2, 0) is 19.6 Å². The lowest BCUT2D eigenvalue weighted by Gasteiger charge is -2.08. The third kappa shape index (κ3) is 5.59. The second kappa shape index (κ2) is 9.06. The molecule has 10 nitrogen and oxygen atoms in total. The van der Waals surface area contributed by atoms with Crippen LogP contribution in [0, 0.1) is 10.1 Å². The number of rotatable bonds is 8. The highest BCUT2D eigenvalue weighted by atomic mass is 32.2. The topological polar surface area (TPSA) is 145 Å². The number of hydrogen-bond acceptors (Lipinski definition) is 7. The number of carbonyl (C=O) groups is 2. The summed E-state index contributed by atoms with van der Waals surface area (Å²) in [5, 5.41) is 13.2. The van der Waals surface area contributed by atoms with Crippen molar-refractivity contribution in [3.8, 4) is 0 Å². The van der Waals surface area contributed by atoms with Crippen LogP contribution in [-0.4, -0.2) is 38.9 Å². The fourth-order valence-corrected chi connectivity index (χ4v) is 3.19. The summed E-state index contributed by atoms with van der Waals surface area (Å²) >= 11 is 0. The van der Waals surface area contributed by atoms with Crippen LogP contribution >= 0.6 is 0 Å². The predicted octanol–water partition coefficient (Wildman–Crippen LogP) is 1.69. The molecule has 0 aliphatic heterocycles. The fraction of sp³-hybridized carbons (Fsp3) is 0.176. The van der Waals surface area contributed by atoms with Crippen molar-refractivity contribution in [3.05, 3.63) is 64.2 Å². The minimum Gasteiger partial charge on any atom is -0.465 e. The zero-order valence-corrected chi connectivity index (χ0v) is 15.6. The van der Waals surface area contributed by atoms with E-state index in [0.717, 1.165) is 24.3 Å². The number of non-ortho nitro benzene ring substituents is 1. The Morgan fingerprint density at radius 2 is 1.68 bits per heavy atom. The molecule has 0 aromatic heterocycles. The molecule has 148 valence electrons. The number of ether oxygens (including phenoxy) is 1. The normalized spacial score (nSPS) is 10.9. The van der Waals surface area contributed by atoms with Gasteiger partial charge in [-0.3, -0.25) is 14.9 Å². The summed E-state index contributed by atoms with van der Waals surface area (Å²) in [5.41, 5.74) is 0.545. The lowest BCUT2D eigenvalue weighted by Crippen LogP contribution is -2.27. The van der Waals surface area contributed by atoms with Crippen LogP contribution in [0.15, 0.2) is 53.4 Å². The van der Waals surface area contributed by atoms with Crippen molar-refractivity contribution in [1.82, 2.24) is 4.72 Å². The Kier molecular flexibility index (Phi) is 6.79. The summed E-state index contributed by atoms with van der Waals surface area (Å²) in [4.78, 5) is 33.1. The molecule has 2 aromatic rings. The van der Waals surface area contributed by atoms with Gasteiger partial charge in [-0.15, -0.1) is 0 Å². The number of nitrogens with one attached hydrogen (secondary N) is 2. The van der Waals surface area contributed by atoms with Gasteiger partial charge in [0.25, 0.3) is 5.69 Å². The Balaban J connectivity index is 1.87. The molecular formula is C17H17N3O7S. The summed E-state index contributed by atoms with van der Waals surface area (Å²) in [6, 6.07) is 10.4. The fourth-order valence-electron chi connectivity index (χ4n) is 2.16. The van der Waals surface area contributed by atoms with Crippen LogP contribution in [0.25, 0.3) is 0 Å². The van der Waals surface area contributed by atoms with E-state index >= 15 is 0 Å². The van der Waals surface area contributed by atoms with Gasteiger partial charge < -0.3 is 10.1 Å². The minimum atomic E-state index is -3.89. The standard InChI is InChI=1S/C17H17N3O7S/c1-27-17(22)12-2-4-13(5-3-12)19-16(21)10-11-18-28(25,26)15-8-6-14(7-9-15)20(23)24/h2-9,18H,10-11H2,1H3,(H,19,21). The first kappa shape index (κ1) is 21.0. The van der Waals surface area contributed by atoms with Crippen molar-refractivity contribution < 1.29 is 27.7 Å². The van der Waals surface area contributed by atoms with E-state index in [9.17, 15) is 28.1 Å². The molecule has 28 heavy (non-hydrogen) atoms. The Morgan fingerprint density at radius 3 is 2.21 bits per heavy atom. The molecule has 0 spiro atoms. The summed E-state index contributed by atoms with van der Waals surface area (Å²) in [7, 11) is -2.63. The van der Waals surface area contributed by atoms with E-state index in [0.29, 0.717) is 11.3 Å². The highest BCUT2D eigenvalue weighted by molar-refractivity contribution is 7.89.